The van der Waals surface area contributed by atoms with Gasteiger partial charge in [0, 0.05) is 0 Å². The highest BCUT2D eigenvalue weighted by Gasteiger charge is 2.04. The molecule has 10 heavy (non-hydrogen) atoms. The highest BCUT2D eigenvalue weighted by Crippen LogP contribution is 2.07. The Labute approximate surface area is 59.2 Å². The molecule has 0 aliphatic carbocycles. The van der Waals surface area contributed by atoms with E-state index in [9.17, 15) is 0 Å². The summed E-state index contributed by atoms with van der Waals surface area (Å²) in [5, 5.41) is 0. The van der Waals surface area contributed by atoms with Gasteiger partial charge < -0.3 is 15.9 Å². The summed E-state index contributed by atoms with van der Waals surface area (Å²) in [4.78, 5) is 4.03. The van der Waals surface area contributed by atoms with E-state index in [2.05, 4.69) is 4.98 Å². The van der Waals surface area contributed by atoms with Gasteiger partial charge in [-0.25, -0.2) is 4.98 Å². The van der Waals surface area contributed by atoms with Crippen molar-refractivity contribution in [2.45, 2.75) is 20.0 Å². The van der Waals surface area contributed by atoms with Crippen LogP contribution in [0.3, 0.4) is 0 Å². The first kappa shape index (κ1) is 7.24. The average Bonchev–Trinajstić information content (AvgIpc) is 2.30. The Kier molecular flexibility index (Phi) is 2.03. The van der Waals surface area contributed by atoms with E-state index in [-0.39, 0.29) is 0 Å². The van der Waals surface area contributed by atoms with Gasteiger partial charge in [-0.15, -0.1) is 0 Å². The van der Waals surface area contributed by atoms with Gasteiger partial charge in [0.25, 0.3) is 0 Å². The summed E-state index contributed by atoms with van der Waals surface area (Å²) >= 11 is 0. The van der Waals surface area contributed by atoms with Crippen molar-refractivity contribution in [3.8, 4) is 0 Å². The molecule has 0 aliphatic heterocycles. The third-order valence-electron chi connectivity index (χ3n) is 1.30. The van der Waals surface area contributed by atoms with Gasteiger partial charge >= 0.3 is 0 Å². The van der Waals surface area contributed by atoms with Crippen LogP contribution in [0.25, 0.3) is 0 Å². The van der Waals surface area contributed by atoms with E-state index in [4.69, 9.17) is 15.9 Å². The van der Waals surface area contributed by atoms with Crippen molar-refractivity contribution in [1.82, 2.24) is 4.98 Å². The summed E-state index contributed by atoms with van der Waals surface area (Å²) in [6, 6.07) is 0. The van der Waals surface area contributed by atoms with E-state index >= 15 is 0 Å². The fourth-order valence-electron chi connectivity index (χ4n) is 0.765. The molecule has 0 saturated heterocycles. The molecule has 0 atom stereocenters. The van der Waals surface area contributed by atoms with Crippen LogP contribution in [0.5, 0.6) is 0 Å². The molecule has 0 aliphatic rings. The lowest BCUT2D eigenvalue weighted by molar-refractivity contribution is 0.457. The molecule has 0 saturated carbocycles. The average molecular weight is 141 g/mol. The Hall–Kier alpha value is -0.870. The zero-order valence-electron chi connectivity index (χ0n) is 5.92. The molecular weight excluding hydrogens is 130 g/mol. The highest BCUT2D eigenvalue weighted by molar-refractivity contribution is 5.06. The zero-order valence-corrected chi connectivity index (χ0v) is 5.92. The normalized spacial score (nSPS) is 10.3. The summed E-state index contributed by atoms with van der Waals surface area (Å²) < 4.78 is 5.15. The molecule has 0 amide bonds. The number of hydrogen-bond donors (Lipinski definition) is 2. The lowest BCUT2D eigenvalue weighted by Gasteiger charge is -1.86. The second kappa shape index (κ2) is 2.81. The molecule has 0 fully saturated rings. The maximum Gasteiger partial charge on any atom is 0.208 e. The van der Waals surface area contributed by atoms with Crippen LogP contribution in [-0.2, 0) is 13.1 Å². The number of rotatable bonds is 2. The second-order valence-electron chi connectivity index (χ2n) is 2.02. The first-order valence-corrected chi connectivity index (χ1v) is 3.13. The summed E-state index contributed by atoms with van der Waals surface area (Å²) in [7, 11) is 0. The standard InChI is InChI=1S/C6H11N3O/c1-4-5(2-7)10-6(3-8)9-4/h2-3,7-8H2,1H3. The fourth-order valence-corrected chi connectivity index (χ4v) is 0.765. The van der Waals surface area contributed by atoms with E-state index in [0.717, 1.165) is 11.5 Å². The van der Waals surface area contributed by atoms with Crippen molar-refractivity contribution < 1.29 is 4.42 Å². The third kappa shape index (κ3) is 1.17. The summed E-state index contributed by atoms with van der Waals surface area (Å²) in [6.07, 6.45) is 0. The Bertz CT molecular complexity index is 219. The van der Waals surface area contributed by atoms with Crippen LogP contribution in [0.2, 0.25) is 0 Å². The number of hydrogen-bond acceptors (Lipinski definition) is 4. The topological polar surface area (TPSA) is 78.1 Å². The first-order chi connectivity index (χ1) is 4.77. The van der Waals surface area contributed by atoms with E-state index in [1.165, 1.54) is 0 Å². The maximum absolute atomic E-state index is 5.34. The van der Waals surface area contributed by atoms with E-state index in [1.807, 2.05) is 6.92 Å². The number of aryl methyl sites for hydroxylation is 1. The summed E-state index contributed by atoms with van der Waals surface area (Å²) in [5.74, 6) is 1.28. The van der Waals surface area contributed by atoms with Crippen molar-refractivity contribution in [3.63, 3.8) is 0 Å². The minimum absolute atomic E-state index is 0.334. The third-order valence-corrected chi connectivity index (χ3v) is 1.30. The summed E-state index contributed by atoms with van der Waals surface area (Å²) in [5.41, 5.74) is 11.5. The van der Waals surface area contributed by atoms with Crippen molar-refractivity contribution in [2.24, 2.45) is 11.5 Å². The van der Waals surface area contributed by atoms with Crippen molar-refractivity contribution in [1.29, 1.82) is 0 Å². The predicted octanol–water partition coefficient (Wildman–Crippen LogP) is -0.0996. The Balaban J connectivity index is 2.92. The Morgan fingerprint density at radius 1 is 1.40 bits per heavy atom. The van der Waals surface area contributed by atoms with Crippen LogP contribution < -0.4 is 11.5 Å². The molecule has 56 valence electrons. The van der Waals surface area contributed by atoms with Crippen molar-refractivity contribution in [2.75, 3.05) is 0 Å². The van der Waals surface area contributed by atoms with E-state index < -0.39 is 0 Å². The van der Waals surface area contributed by atoms with Gasteiger partial charge in [0.15, 0.2) is 0 Å². The smallest absolute Gasteiger partial charge is 0.208 e. The van der Waals surface area contributed by atoms with Gasteiger partial charge in [-0.05, 0) is 6.92 Å². The molecule has 4 N–H and O–H groups in total. The van der Waals surface area contributed by atoms with E-state index in [0.29, 0.717) is 19.0 Å². The van der Waals surface area contributed by atoms with Gasteiger partial charge in [0.2, 0.25) is 5.89 Å². The minimum atomic E-state index is 0.334. The number of nitrogens with two attached hydrogens (primary N) is 2. The molecule has 0 radical (unpaired) electrons. The Morgan fingerprint density at radius 2 is 2.10 bits per heavy atom. The fraction of sp³-hybridized carbons (Fsp3) is 0.500. The minimum Gasteiger partial charge on any atom is -0.443 e. The molecule has 0 aromatic carbocycles. The molecule has 0 bridgehead atoms. The first-order valence-electron chi connectivity index (χ1n) is 3.13. The molecule has 0 unspecified atom stereocenters. The predicted molar refractivity (Wildman–Crippen MR) is 37.0 cm³/mol. The molecular formula is C6H11N3O. The highest BCUT2D eigenvalue weighted by atomic mass is 16.4. The number of aromatic nitrogens is 1. The van der Waals surface area contributed by atoms with Gasteiger partial charge in [-0.3, -0.25) is 0 Å². The second-order valence-corrected chi connectivity index (χ2v) is 2.02. The van der Waals surface area contributed by atoms with Crippen molar-refractivity contribution >= 4 is 0 Å². The molecule has 1 aromatic rings. The quantitative estimate of drug-likeness (QED) is 0.602. The van der Waals surface area contributed by atoms with Crippen LogP contribution in [0, 0.1) is 6.92 Å². The van der Waals surface area contributed by atoms with Gasteiger partial charge in [0.1, 0.15) is 5.76 Å². The number of nitrogens with zero attached hydrogens (tertiary/aromatic N) is 1. The lowest BCUT2D eigenvalue weighted by Crippen LogP contribution is -1.96. The maximum atomic E-state index is 5.34. The monoisotopic (exact) mass is 141 g/mol. The molecule has 4 nitrogen and oxygen atoms in total. The molecule has 1 rings (SSSR count). The van der Waals surface area contributed by atoms with Crippen LogP contribution in [0.1, 0.15) is 17.3 Å². The van der Waals surface area contributed by atoms with Crippen LogP contribution in [0.15, 0.2) is 4.42 Å². The Morgan fingerprint density at radius 3 is 2.40 bits per heavy atom. The van der Waals surface area contributed by atoms with Crippen LogP contribution >= 0.6 is 0 Å². The van der Waals surface area contributed by atoms with Gasteiger partial charge in [-0.2, -0.15) is 0 Å². The van der Waals surface area contributed by atoms with Crippen LogP contribution in [0.4, 0.5) is 0 Å². The van der Waals surface area contributed by atoms with Crippen molar-refractivity contribution in [3.05, 3.63) is 17.3 Å². The molecule has 0 spiro atoms. The lowest BCUT2D eigenvalue weighted by atomic mass is 10.4. The van der Waals surface area contributed by atoms with Gasteiger partial charge in [0.05, 0.1) is 18.8 Å². The summed E-state index contributed by atoms with van der Waals surface area (Å²) in [6.45, 7) is 2.57. The number of oxazole rings is 1. The SMILES string of the molecule is Cc1nc(CN)oc1CN. The van der Waals surface area contributed by atoms with Gasteiger partial charge in [-0.1, -0.05) is 0 Å². The van der Waals surface area contributed by atoms with E-state index in [1.54, 1.807) is 0 Å². The molecule has 1 aromatic heterocycles. The zero-order chi connectivity index (χ0) is 7.56. The molecule has 1 heterocycles. The van der Waals surface area contributed by atoms with Crippen LogP contribution in [-0.4, -0.2) is 4.98 Å². The molecule has 4 heteroatoms. The largest absolute Gasteiger partial charge is 0.443 e.